The highest BCUT2D eigenvalue weighted by Gasteiger charge is 2.37. The van der Waals surface area contributed by atoms with Crippen LogP contribution in [0, 0.1) is 5.92 Å². The summed E-state index contributed by atoms with van der Waals surface area (Å²) < 4.78 is 5.83. The number of benzene rings is 1. The molecule has 1 aromatic rings. The molecule has 0 spiro atoms. The van der Waals surface area contributed by atoms with Gasteiger partial charge in [0.05, 0.1) is 4.99 Å². The monoisotopic (exact) mass is 290 g/mol. The van der Waals surface area contributed by atoms with Crippen LogP contribution in [0.2, 0.25) is 0 Å². The van der Waals surface area contributed by atoms with Crippen LogP contribution >= 0.6 is 12.2 Å². The lowest BCUT2D eigenvalue weighted by Gasteiger charge is -2.26. The van der Waals surface area contributed by atoms with Gasteiger partial charge in [0.1, 0.15) is 12.4 Å². The molecule has 0 aromatic heterocycles. The van der Waals surface area contributed by atoms with Crippen LogP contribution in [0.4, 0.5) is 0 Å². The van der Waals surface area contributed by atoms with Crippen LogP contribution < -0.4 is 10.5 Å². The van der Waals surface area contributed by atoms with Gasteiger partial charge in [0.2, 0.25) is 0 Å². The topological polar surface area (TPSA) is 38.5 Å². The molecule has 1 saturated carbocycles. The second-order valence-electron chi connectivity index (χ2n) is 5.96. The van der Waals surface area contributed by atoms with Gasteiger partial charge in [0.15, 0.2) is 0 Å². The van der Waals surface area contributed by atoms with E-state index in [0.29, 0.717) is 11.4 Å². The summed E-state index contributed by atoms with van der Waals surface area (Å²) in [5.74, 6) is 1.89. The van der Waals surface area contributed by atoms with Crippen molar-refractivity contribution in [2.75, 3.05) is 19.7 Å². The lowest BCUT2D eigenvalue weighted by atomic mass is 10.1. The van der Waals surface area contributed by atoms with E-state index >= 15 is 0 Å². The third kappa shape index (κ3) is 3.30. The van der Waals surface area contributed by atoms with Crippen molar-refractivity contribution < 1.29 is 4.74 Å². The molecule has 2 N–H and O–H groups in total. The van der Waals surface area contributed by atoms with Crippen LogP contribution in [0.25, 0.3) is 0 Å². The second kappa shape index (κ2) is 6.10. The smallest absolute Gasteiger partial charge is 0.119 e. The predicted molar refractivity (Wildman–Crippen MR) is 85.1 cm³/mol. The van der Waals surface area contributed by atoms with Gasteiger partial charge in [-0.3, -0.25) is 4.90 Å². The molecule has 108 valence electrons. The van der Waals surface area contributed by atoms with Crippen molar-refractivity contribution in [1.29, 1.82) is 0 Å². The Bertz CT molecular complexity index is 474. The van der Waals surface area contributed by atoms with Crippen LogP contribution in [0.3, 0.4) is 0 Å². The number of rotatable bonds is 6. The number of hydrogen-bond acceptors (Lipinski definition) is 3. The van der Waals surface area contributed by atoms with Crippen molar-refractivity contribution in [3.63, 3.8) is 0 Å². The zero-order valence-corrected chi connectivity index (χ0v) is 12.6. The third-order valence-electron chi connectivity index (χ3n) is 4.47. The summed E-state index contributed by atoms with van der Waals surface area (Å²) in [7, 11) is 0. The Morgan fingerprint density at radius 2 is 2.10 bits per heavy atom. The van der Waals surface area contributed by atoms with Crippen LogP contribution in [0.15, 0.2) is 24.3 Å². The van der Waals surface area contributed by atoms with Crippen LogP contribution in [0.1, 0.15) is 24.8 Å². The van der Waals surface area contributed by atoms with E-state index in [2.05, 4.69) is 4.90 Å². The van der Waals surface area contributed by atoms with Gasteiger partial charge in [-0.05, 0) is 42.9 Å². The largest absolute Gasteiger partial charge is 0.492 e. The summed E-state index contributed by atoms with van der Waals surface area (Å²) in [6, 6.07) is 8.91. The van der Waals surface area contributed by atoms with E-state index in [4.69, 9.17) is 22.7 Å². The molecule has 1 heterocycles. The highest BCUT2D eigenvalue weighted by molar-refractivity contribution is 7.80. The summed E-state index contributed by atoms with van der Waals surface area (Å²) in [6.07, 6.45) is 4.89. The van der Waals surface area contributed by atoms with Gasteiger partial charge in [-0.1, -0.05) is 24.4 Å². The number of fused-ring (bicyclic) bond motifs is 2. The lowest BCUT2D eigenvalue weighted by Crippen LogP contribution is -2.35. The Hall–Kier alpha value is -1.13. The summed E-state index contributed by atoms with van der Waals surface area (Å²) in [6.45, 7) is 3.11. The highest BCUT2D eigenvalue weighted by Crippen LogP contribution is 2.36. The first-order chi connectivity index (χ1) is 9.70. The predicted octanol–water partition coefficient (Wildman–Crippen LogP) is 2.38. The number of hydrogen-bond donors (Lipinski definition) is 1. The summed E-state index contributed by atoms with van der Waals surface area (Å²) >= 11 is 4.91. The normalized spacial score (nSPS) is 25.0. The molecule has 2 bridgehead atoms. The molecule has 0 radical (unpaired) electrons. The van der Waals surface area contributed by atoms with Crippen LogP contribution in [0.5, 0.6) is 5.75 Å². The van der Waals surface area contributed by atoms with E-state index in [1.807, 2.05) is 24.3 Å². The van der Waals surface area contributed by atoms with Crippen molar-refractivity contribution in [2.45, 2.75) is 31.7 Å². The minimum absolute atomic E-state index is 0.530. The number of piperidine rings is 1. The van der Waals surface area contributed by atoms with Gasteiger partial charge in [-0.15, -0.1) is 0 Å². The molecule has 4 heteroatoms. The number of thiocarbonyl (C=S) groups is 1. The van der Waals surface area contributed by atoms with Gasteiger partial charge >= 0.3 is 0 Å². The number of ether oxygens (including phenoxy) is 1. The van der Waals surface area contributed by atoms with E-state index in [-0.39, 0.29) is 0 Å². The van der Waals surface area contributed by atoms with Crippen LogP contribution in [-0.4, -0.2) is 35.6 Å². The molecule has 20 heavy (non-hydrogen) atoms. The molecular formula is C16H22N2OS. The average molecular weight is 290 g/mol. The van der Waals surface area contributed by atoms with E-state index in [1.54, 1.807) is 0 Å². The van der Waals surface area contributed by atoms with Gasteiger partial charge in [-0.25, -0.2) is 0 Å². The van der Waals surface area contributed by atoms with Gasteiger partial charge in [0, 0.05) is 25.6 Å². The minimum atomic E-state index is 0.530. The zero-order valence-electron chi connectivity index (χ0n) is 11.8. The quantitative estimate of drug-likeness (QED) is 0.816. The lowest BCUT2D eigenvalue weighted by molar-refractivity contribution is 0.172. The maximum atomic E-state index is 5.83. The molecule has 2 fully saturated rings. The minimum Gasteiger partial charge on any atom is -0.492 e. The number of nitrogens with two attached hydrogens (primary N) is 1. The summed E-state index contributed by atoms with van der Waals surface area (Å²) in [5.41, 5.74) is 6.68. The first-order valence-electron chi connectivity index (χ1n) is 7.45. The van der Waals surface area contributed by atoms with Crippen molar-refractivity contribution in [3.8, 4) is 5.75 Å². The molecule has 0 amide bonds. The van der Waals surface area contributed by atoms with Gasteiger partial charge in [0.25, 0.3) is 0 Å². The standard InChI is InChI=1S/C16H22N2OS/c17-16(20)10-12-2-5-15(6-3-12)19-8-7-18-11-13-1-4-14(18)9-13/h2-3,5-6,13-14H,1,4,7-11H2,(H2,17,20). The molecule has 1 saturated heterocycles. The molecule has 1 aliphatic carbocycles. The van der Waals surface area contributed by atoms with Crippen molar-refractivity contribution in [2.24, 2.45) is 11.7 Å². The van der Waals surface area contributed by atoms with Crippen molar-refractivity contribution in [1.82, 2.24) is 4.90 Å². The fourth-order valence-corrected chi connectivity index (χ4v) is 3.65. The Morgan fingerprint density at radius 1 is 1.30 bits per heavy atom. The molecule has 3 nitrogen and oxygen atoms in total. The first kappa shape index (κ1) is 13.8. The van der Waals surface area contributed by atoms with E-state index in [0.717, 1.165) is 36.4 Å². The summed E-state index contributed by atoms with van der Waals surface area (Å²) in [4.78, 5) is 3.12. The molecule has 2 atom stereocenters. The Morgan fingerprint density at radius 3 is 2.70 bits per heavy atom. The van der Waals surface area contributed by atoms with Crippen molar-refractivity contribution in [3.05, 3.63) is 29.8 Å². The number of likely N-dealkylation sites (tertiary alicyclic amines) is 1. The summed E-state index contributed by atoms with van der Waals surface area (Å²) in [5, 5.41) is 0. The van der Waals surface area contributed by atoms with E-state index in [1.165, 1.54) is 25.8 Å². The maximum absolute atomic E-state index is 5.83. The zero-order chi connectivity index (χ0) is 13.9. The van der Waals surface area contributed by atoms with Crippen LogP contribution in [-0.2, 0) is 6.42 Å². The van der Waals surface area contributed by atoms with Gasteiger partial charge in [-0.2, -0.15) is 0 Å². The number of nitrogens with zero attached hydrogens (tertiary/aromatic N) is 1. The SMILES string of the molecule is NC(=S)Cc1ccc(OCCN2CC3CCC2C3)cc1. The van der Waals surface area contributed by atoms with E-state index in [9.17, 15) is 0 Å². The fourth-order valence-electron chi connectivity index (χ4n) is 3.49. The first-order valence-corrected chi connectivity index (χ1v) is 7.85. The molecular weight excluding hydrogens is 268 g/mol. The maximum Gasteiger partial charge on any atom is 0.119 e. The van der Waals surface area contributed by atoms with Gasteiger partial charge < -0.3 is 10.5 Å². The van der Waals surface area contributed by atoms with E-state index < -0.39 is 0 Å². The second-order valence-corrected chi connectivity index (χ2v) is 6.49. The average Bonchev–Trinajstić information content (AvgIpc) is 3.02. The molecule has 2 aliphatic rings. The molecule has 1 aliphatic heterocycles. The Balaban J connectivity index is 1.43. The fraction of sp³-hybridized carbons (Fsp3) is 0.562. The Labute approximate surface area is 126 Å². The molecule has 1 aromatic carbocycles. The van der Waals surface area contributed by atoms with Crippen molar-refractivity contribution >= 4 is 17.2 Å². The highest BCUT2D eigenvalue weighted by atomic mass is 32.1. The molecule has 3 rings (SSSR count). The molecule has 2 unspecified atom stereocenters. The third-order valence-corrected chi connectivity index (χ3v) is 4.62. The Kier molecular flexibility index (Phi) is 4.22.